The number of hydrogen-bond acceptors (Lipinski definition) is 3. The molecule has 1 heterocycles. The maximum Gasteiger partial charge on any atom is 0.167 e. The van der Waals surface area contributed by atoms with Crippen molar-refractivity contribution in [1.82, 2.24) is 4.98 Å². The van der Waals surface area contributed by atoms with Crippen molar-refractivity contribution >= 4 is 17.4 Å². The second kappa shape index (κ2) is 6.01. The van der Waals surface area contributed by atoms with Crippen LogP contribution in [0.1, 0.15) is 20.3 Å². The molecular formula is C11H16ClFN2O. The molecule has 0 aliphatic heterocycles. The van der Waals surface area contributed by atoms with E-state index in [1.807, 2.05) is 18.7 Å². The highest BCUT2D eigenvalue weighted by atomic mass is 35.5. The van der Waals surface area contributed by atoms with Crippen LogP contribution in [0.15, 0.2) is 12.3 Å². The molecule has 0 bridgehead atoms. The van der Waals surface area contributed by atoms with Crippen molar-refractivity contribution in [3.63, 3.8) is 0 Å². The van der Waals surface area contributed by atoms with E-state index in [2.05, 4.69) is 4.98 Å². The Labute approximate surface area is 99.9 Å². The third-order valence-electron chi connectivity index (χ3n) is 2.24. The average Bonchev–Trinajstić information content (AvgIpc) is 2.20. The Morgan fingerprint density at radius 2 is 2.25 bits per heavy atom. The van der Waals surface area contributed by atoms with E-state index in [1.54, 1.807) is 0 Å². The summed E-state index contributed by atoms with van der Waals surface area (Å²) in [5.41, 5.74) is 0. The molecule has 16 heavy (non-hydrogen) atoms. The van der Waals surface area contributed by atoms with Gasteiger partial charge < -0.3 is 10.0 Å². The Kier molecular flexibility index (Phi) is 4.96. The molecule has 3 nitrogen and oxygen atoms in total. The van der Waals surface area contributed by atoms with Gasteiger partial charge in [0.1, 0.15) is 0 Å². The zero-order valence-corrected chi connectivity index (χ0v) is 10.2. The van der Waals surface area contributed by atoms with Crippen molar-refractivity contribution in [3.05, 3.63) is 23.1 Å². The minimum absolute atomic E-state index is 0.0818. The van der Waals surface area contributed by atoms with Crippen LogP contribution in [0, 0.1) is 5.82 Å². The Hall–Kier alpha value is -0.870. The first-order valence-corrected chi connectivity index (χ1v) is 5.62. The second-order valence-electron chi connectivity index (χ2n) is 3.82. The normalized spacial score (nSPS) is 10.9. The third-order valence-corrected chi connectivity index (χ3v) is 2.45. The first-order chi connectivity index (χ1) is 7.56. The van der Waals surface area contributed by atoms with Gasteiger partial charge in [0.05, 0.1) is 5.02 Å². The first-order valence-electron chi connectivity index (χ1n) is 5.24. The van der Waals surface area contributed by atoms with E-state index >= 15 is 0 Å². The molecule has 0 radical (unpaired) electrons. The van der Waals surface area contributed by atoms with Crippen LogP contribution in [0.2, 0.25) is 5.02 Å². The van der Waals surface area contributed by atoms with Gasteiger partial charge in [-0.05, 0) is 26.3 Å². The van der Waals surface area contributed by atoms with E-state index in [4.69, 9.17) is 16.7 Å². The summed E-state index contributed by atoms with van der Waals surface area (Å²) in [5.74, 6) is -0.146. The number of aromatic nitrogens is 1. The lowest BCUT2D eigenvalue weighted by Crippen LogP contribution is -2.33. The number of nitrogens with zero attached hydrogens (tertiary/aromatic N) is 2. The highest BCUT2D eigenvalue weighted by molar-refractivity contribution is 6.30. The maximum atomic E-state index is 13.6. The van der Waals surface area contributed by atoms with E-state index < -0.39 is 5.82 Å². The lowest BCUT2D eigenvalue weighted by Gasteiger charge is -2.27. The number of pyridine rings is 1. The summed E-state index contributed by atoms with van der Waals surface area (Å²) >= 11 is 5.64. The lowest BCUT2D eigenvalue weighted by atomic mass is 10.2. The van der Waals surface area contributed by atoms with E-state index in [9.17, 15) is 4.39 Å². The Bertz CT molecular complexity index is 347. The fourth-order valence-corrected chi connectivity index (χ4v) is 1.61. The highest BCUT2D eigenvalue weighted by Gasteiger charge is 2.16. The zero-order chi connectivity index (χ0) is 12.1. The van der Waals surface area contributed by atoms with Crippen LogP contribution in [0.5, 0.6) is 0 Å². The summed E-state index contributed by atoms with van der Waals surface area (Å²) in [4.78, 5) is 5.80. The van der Waals surface area contributed by atoms with Crippen molar-refractivity contribution in [2.24, 2.45) is 0 Å². The zero-order valence-electron chi connectivity index (χ0n) is 9.45. The second-order valence-corrected chi connectivity index (χ2v) is 4.26. The van der Waals surface area contributed by atoms with Gasteiger partial charge in [-0.1, -0.05) is 11.6 Å². The van der Waals surface area contributed by atoms with Crippen LogP contribution in [-0.4, -0.2) is 29.3 Å². The summed E-state index contributed by atoms with van der Waals surface area (Å²) < 4.78 is 13.6. The first kappa shape index (κ1) is 13.2. The molecule has 0 aliphatic carbocycles. The summed E-state index contributed by atoms with van der Waals surface area (Å²) in [6.45, 7) is 4.55. The van der Waals surface area contributed by atoms with Crippen molar-refractivity contribution in [3.8, 4) is 0 Å². The van der Waals surface area contributed by atoms with Crippen molar-refractivity contribution < 1.29 is 9.50 Å². The number of anilines is 1. The van der Waals surface area contributed by atoms with E-state index in [0.29, 0.717) is 13.0 Å². The van der Waals surface area contributed by atoms with E-state index in [0.717, 1.165) is 0 Å². The molecule has 0 amide bonds. The van der Waals surface area contributed by atoms with Crippen molar-refractivity contribution in [1.29, 1.82) is 0 Å². The average molecular weight is 247 g/mol. The minimum Gasteiger partial charge on any atom is -0.396 e. The van der Waals surface area contributed by atoms with Crippen LogP contribution in [0.4, 0.5) is 10.2 Å². The molecule has 90 valence electrons. The van der Waals surface area contributed by atoms with Gasteiger partial charge >= 0.3 is 0 Å². The quantitative estimate of drug-likeness (QED) is 0.867. The van der Waals surface area contributed by atoms with Crippen LogP contribution in [0.25, 0.3) is 0 Å². The fourth-order valence-electron chi connectivity index (χ4n) is 1.47. The van der Waals surface area contributed by atoms with Crippen molar-refractivity contribution in [2.45, 2.75) is 26.3 Å². The monoisotopic (exact) mass is 246 g/mol. The standard InChI is InChI=1S/C11H16ClFN2O/c1-8(2)15(4-3-5-16)11-10(13)6-9(12)7-14-11/h6-8,16H,3-5H2,1-2H3. The van der Waals surface area contributed by atoms with Gasteiger partial charge in [0.2, 0.25) is 0 Å². The Balaban J connectivity index is 2.92. The lowest BCUT2D eigenvalue weighted by molar-refractivity contribution is 0.288. The van der Waals surface area contributed by atoms with Gasteiger partial charge in [0.25, 0.3) is 0 Å². The van der Waals surface area contributed by atoms with Gasteiger partial charge in [-0.3, -0.25) is 0 Å². The molecule has 0 unspecified atom stereocenters. The van der Waals surface area contributed by atoms with Gasteiger partial charge in [0, 0.05) is 25.4 Å². The molecule has 1 rings (SSSR count). The molecule has 1 aromatic rings. The highest BCUT2D eigenvalue weighted by Crippen LogP contribution is 2.21. The van der Waals surface area contributed by atoms with Crippen LogP contribution in [0.3, 0.4) is 0 Å². The van der Waals surface area contributed by atoms with Gasteiger partial charge in [-0.2, -0.15) is 0 Å². The molecule has 0 spiro atoms. The predicted molar refractivity (Wildman–Crippen MR) is 63.4 cm³/mol. The maximum absolute atomic E-state index is 13.6. The minimum atomic E-state index is -0.431. The molecule has 0 atom stereocenters. The number of aliphatic hydroxyl groups excluding tert-OH is 1. The van der Waals surface area contributed by atoms with Crippen LogP contribution in [-0.2, 0) is 0 Å². The number of rotatable bonds is 5. The number of aliphatic hydroxyl groups is 1. The smallest absolute Gasteiger partial charge is 0.167 e. The summed E-state index contributed by atoms with van der Waals surface area (Å²) in [5, 5.41) is 9.08. The topological polar surface area (TPSA) is 36.4 Å². The van der Waals surface area contributed by atoms with Gasteiger partial charge in [-0.25, -0.2) is 9.37 Å². The third kappa shape index (κ3) is 3.32. The van der Waals surface area contributed by atoms with Crippen LogP contribution < -0.4 is 4.90 Å². The molecule has 0 saturated carbocycles. The molecule has 0 aromatic carbocycles. The number of hydrogen-bond donors (Lipinski definition) is 1. The van der Waals surface area contributed by atoms with Gasteiger partial charge in [0.15, 0.2) is 11.6 Å². The Morgan fingerprint density at radius 1 is 1.56 bits per heavy atom. The Morgan fingerprint density at radius 3 is 2.75 bits per heavy atom. The molecule has 0 aliphatic rings. The summed E-state index contributed by atoms with van der Waals surface area (Å²) in [6.07, 6.45) is 2.01. The summed E-state index contributed by atoms with van der Waals surface area (Å²) in [6, 6.07) is 1.37. The molecule has 1 aromatic heterocycles. The molecule has 5 heteroatoms. The SMILES string of the molecule is CC(C)N(CCCO)c1ncc(Cl)cc1F. The molecular weight excluding hydrogens is 231 g/mol. The number of halogens is 2. The molecule has 1 N–H and O–H groups in total. The predicted octanol–water partition coefficient (Wildman–Crippen LogP) is 2.47. The largest absolute Gasteiger partial charge is 0.396 e. The summed E-state index contributed by atoms with van der Waals surface area (Å²) in [7, 11) is 0. The van der Waals surface area contributed by atoms with Crippen LogP contribution >= 0.6 is 11.6 Å². The van der Waals surface area contributed by atoms with Crippen molar-refractivity contribution in [2.75, 3.05) is 18.1 Å². The fraction of sp³-hybridized carbons (Fsp3) is 0.545. The molecule has 0 saturated heterocycles. The molecule has 0 fully saturated rings. The van der Waals surface area contributed by atoms with E-state index in [-0.39, 0.29) is 23.5 Å². The van der Waals surface area contributed by atoms with Gasteiger partial charge in [-0.15, -0.1) is 0 Å². The van der Waals surface area contributed by atoms with E-state index in [1.165, 1.54) is 12.3 Å².